The predicted octanol–water partition coefficient (Wildman–Crippen LogP) is 2.56. The Morgan fingerprint density at radius 1 is 1.08 bits per heavy atom. The Kier molecular flexibility index (Phi) is 9.36. The second kappa shape index (κ2) is 11.3. The lowest BCUT2D eigenvalue weighted by atomic mass is 10.1. The van der Waals surface area contributed by atoms with Gasteiger partial charge in [-0.3, -0.25) is 9.59 Å². The lowest BCUT2D eigenvalue weighted by molar-refractivity contribution is -0.115. The van der Waals surface area contributed by atoms with Crippen LogP contribution in [0.2, 0.25) is 0 Å². The number of amides is 2. The van der Waals surface area contributed by atoms with E-state index in [1.807, 2.05) is 30.3 Å². The molecule has 0 aromatic heterocycles. The van der Waals surface area contributed by atoms with Crippen molar-refractivity contribution in [3.63, 3.8) is 0 Å². The van der Waals surface area contributed by atoms with Crippen molar-refractivity contribution < 1.29 is 14.3 Å². The van der Waals surface area contributed by atoms with Gasteiger partial charge in [0.15, 0.2) is 0 Å². The Labute approximate surface area is 159 Å². The summed E-state index contributed by atoms with van der Waals surface area (Å²) >= 11 is 0. The summed E-state index contributed by atoms with van der Waals surface area (Å²) in [5.41, 5.74) is 1.91. The number of nitrogens with one attached hydrogen (secondary N) is 2. The number of ether oxygens (including phenoxy) is 1. The first-order valence-electron chi connectivity index (χ1n) is 8.04. The third-order valence-corrected chi connectivity index (χ3v) is 3.61. The molecule has 0 radical (unpaired) electrons. The largest absolute Gasteiger partial charge is 0.383 e. The van der Waals surface area contributed by atoms with Crippen LogP contribution in [0.25, 0.3) is 0 Å². The van der Waals surface area contributed by atoms with Crippen molar-refractivity contribution in [3.8, 4) is 0 Å². The monoisotopic (exact) mass is 377 g/mol. The van der Waals surface area contributed by atoms with Gasteiger partial charge in [-0.1, -0.05) is 24.3 Å². The van der Waals surface area contributed by atoms with E-state index in [1.165, 1.54) is 0 Å². The minimum Gasteiger partial charge on any atom is -0.383 e. The SMILES string of the molecule is COCCNCC(=O)Nc1cccc(C(=O)N(C)c2ccccc2)c1.Cl. The maximum absolute atomic E-state index is 12.6. The molecule has 26 heavy (non-hydrogen) atoms. The van der Waals surface area contributed by atoms with Crippen molar-refractivity contribution >= 4 is 35.6 Å². The molecule has 0 fully saturated rings. The highest BCUT2D eigenvalue weighted by Gasteiger charge is 2.14. The number of carbonyl (C=O) groups excluding carboxylic acids is 2. The van der Waals surface area contributed by atoms with Crippen molar-refractivity contribution in [2.24, 2.45) is 0 Å². The number of nitrogens with zero attached hydrogens (tertiary/aromatic N) is 1. The van der Waals surface area contributed by atoms with Crippen LogP contribution in [0.15, 0.2) is 54.6 Å². The lowest BCUT2D eigenvalue weighted by Gasteiger charge is -2.17. The molecule has 2 aromatic carbocycles. The van der Waals surface area contributed by atoms with Gasteiger partial charge in [0.05, 0.1) is 13.2 Å². The molecule has 0 spiro atoms. The summed E-state index contributed by atoms with van der Waals surface area (Å²) in [5, 5.41) is 5.75. The van der Waals surface area contributed by atoms with Crippen molar-refractivity contribution in [2.45, 2.75) is 0 Å². The van der Waals surface area contributed by atoms with Gasteiger partial charge in [-0.05, 0) is 30.3 Å². The molecule has 0 saturated heterocycles. The molecule has 2 aromatic rings. The Morgan fingerprint density at radius 3 is 2.50 bits per heavy atom. The molecular weight excluding hydrogens is 354 g/mol. The molecule has 0 saturated carbocycles. The third-order valence-electron chi connectivity index (χ3n) is 3.61. The Balaban J connectivity index is 0.00000338. The van der Waals surface area contributed by atoms with Gasteiger partial charge in [0.1, 0.15) is 0 Å². The van der Waals surface area contributed by atoms with Crippen LogP contribution in [0, 0.1) is 0 Å². The first-order chi connectivity index (χ1) is 12.1. The summed E-state index contributed by atoms with van der Waals surface area (Å²) < 4.78 is 4.91. The molecule has 0 aliphatic heterocycles. The second-order valence-corrected chi connectivity index (χ2v) is 5.50. The van der Waals surface area contributed by atoms with E-state index in [9.17, 15) is 9.59 Å². The summed E-state index contributed by atoms with van der Waals surface area (Å²) in [7, 11) is 3.33. The fourth-order valence-electron chi connectivity index (χ4n) is 2.27. The van der Waals surface area contributed by atoms with Gasteiger partial charge in [-0.25, -0.2) is 0 Å². The topological polar surface area (TPSA) is 70.7 Å². The van der Waals surface area contributed by atoms with E-state index in [1.54, 1.807) is 43.3 Å². The minimum absolute atomic E-state index is 0. The molecular formula is C19H24ClN3O3. The first kappa shape index (κ1) is 21.6. The van der Waals surface area contributed by atoms with E-state index in [0.717, 1.165) is 5.69 Å². The quantitative estimate of drug-likeness (QED) is 0.693. The maximum Gasteiger partial charge on any atom is 0.258 e. The molecule has 2 rings (SSSR count). The number of rotatable bonds is 8. The summed E-state index contributed by atoms with van der Waals surface area (Å²) in [6, 6.07) is 16.3. The van der Waals surface area contributed by atoms with E-state index in [4.69, 9.17) is 4.74 Å². The van der Waals surface area contributed by atoms with Crippen LogP contribution in [0.5, 0.6) is 0 Å². The summed E-state index contributed by atoms with van der Waals surface area (Å²) in [6.07, 6.45) is 0. The van der Waals surface area contributed by atoms with Crippen molar-refractivity contribution in [1.82, 2.24) is 5.32 Å². The Morgan fingerprint density at radius 2 is 1.81 bits per heavy atom. The van der Waals surface area contributed by atoms with Crippen LogP contribution in [0.3, 0.4) is 0 Å². The van der Waals surface area contributed by atoms with E-state index < -0.39 is 0 Å². The molecule has 0 heterocycles. The number of anilines is 2. The zero-order chi connectivity index (χ0) is 18.1. The van der Waals surface area contributed by atoms with E-state index in [0.29, 0.717) is 24.4 Å². The second-order valence-electron chi connectivity index (χ2n) is 5.50. The van der Waals surface area contributed by atoms with Gasteiger partial charge in [0.25, 0.3) is 5.91 Å². The average Bonchev–Trinajstić information content (AvgIpc) is 2.65. The maximum atomic E-state index is 12.6. The van der Waals surface area contributed by atoms with E-state index in [-0.39, 0.29) is 30.8 Å². The number of halogens is 1. The van der Waals surface area contributed by atoms with Crippen LogP contribution >= 0.6 is 12.4 Å². The predicted molar refractivity (Wildman–Crippen MR) is 106 cm³/mol. The van der Waals surface area contributed by atoms with Gasteiger partial charge in [0.2, 0.25) is 5.91 Å². The summed E-state index contributed by atoms with van der Waals surface area (Å²) in [5.74, 6) is -0.308. The molecule has 0 bridgehead atoms. The first-order valence-corrected chi connectivity index (χ1v) is 8.04. The summed E-state index contributed by atoms with van der Waals surface area (Å²) in [4.78, 5) is 26.1. The van der Waals surface area contributed by atoms with Crippen molar-refractivity contribution in [1.29, 1.82) is 0 Å². The molecule has 0 aliphatic rings. The van der Waals surface area contributed by atoms with Crippen LogP contribution in [0.1, 0.15) is 10.4 Å². The van der Waals surface area contributed by atoms with Crippen LogP contribution in [0.4, 0.5) is 11.4 Å². The fraction of sp³-hybridized carbons (Fsp3) is 0.263. The van der Waals surface area contributed by atoms with Gasteiger partial charge < -0.3 is 20.3 Å². The van der Waals surface area contributed by atoms with Gasteiger partial charge in [-0.2, -0.15) is 0 Å². The average molecular weight is 378 g/mol. The molecule has 0 aliphatic carbocycles. The lowest BCUT2D eigenvalue weighted by Crippen LogP contribution is -2.30. The number of hydrogen-bond donors (Lipinski definition) is 2. The zero-order valence-electron chi connectivity index (χ0n) is 14.9. The fourth-order valence-corrected chi connectivity index (χ4v) is 2.27. The van der Waals surface area contributed by atoms with Crippen molar-refractivity contribution in [2.75, 3.05) is 44.1 Å². The standard InChI is InChI=1S/C19H23N3O3.ClH/c1-22(17-9-4-3-5-10-17)19(24)15-7-6-8-16(13-15)21-18(23)14-20-11-12-25-2;/h3-10,13,20H,11-12,14H2,1-2H3,(H,21,23);1H. The van der Waals surface area contributed by atoms with Gasteiger partial charge in [-0.15, -0.1) is 12.4 Å². The highest BCUT2D eigenvalue weighted by Crippen LogP contribution is 2.17. The minimum atomic E-state index is -0.169. The van der Waals surface area contributed by atoms with Crippen LogP contribution in [-0.2, 0) is 9.53 Å². The highest BCUT2D eigenvalue weighted by atomic mass is 35.5. The summed E-state index contributed by atoms with van der Waals surface area (Å²) in [6.45, 7) is 1.33. The number of methoxy groups -OCH3 is 1. The molecule has 0 atom stereocenters. The zero-order valence-corrected chi connectivity index (χ0v) is 15.7. The number of para-hydroxylation sites is 1. The Hall–Kier alpha value is -2.41. The van der Waals surface area contributed by atoms with Crippen LogP contribution in [-0.4, -0.2) is 45.7 Å². The number of hydrogen-bond acceptors (Lipinski definition) is 4. The van der Waals surface area contributed by atoms with Gasteiger partial charge >= 0.3 is 0 Å². The molecule has 0 unspecified atom stereocenters. The highest BCUT2D eigenvalue weighted by molar-refractivity contribution is 6.06. The molecule has 2 amide bonds. The molecule has 140 valence electrons. The third kappa shape index (κ3) is 6.48. The van der Waals surface area contributed by atoms with E-state index in [2.05, 4.69) is 10.6 Å². The number of benzene rings is 2. The van der Waals surface area contributed by atoms with E-state index >= 15 is 0 Å². The molecule has 7 heteroatoms. The van der Waals surface area contributed by atoms with Crippen molar-refractivity contribution in [3.05, 3.63) is 60.2 Å². The van der Waals surface area contributed by atoms with Crippen LogP contribution < -0.4 is 15.5 Å². The molecule has 2 N–H and O–H groups in total. The normalized spacial score (nSPS) is 9.92. The molecule has 6 nitrogen and oxygen atoms in total. The smallest absolute Gasteiger partial charge is 0.258 e. The van der Waals surface area contributed by atoms with Gasteiger partial charge in [0, 0.05) is 37.6 Å². The number of carbonyl (C=O) groups is 2. The Bertz CT molecular complexity index is 710.